The first-order valence-electron chi connectivity index (χ1n) is 12.6. The van der Waals surface area contributed by atoms with Crippen molar-refractivity contribution in [3.05, 3.63) is 53.1 Å². The SMILES string of the molecule is Cc1cc(C(=O)Nc2cc(C(C)(C)C)nn2C)cc(Nc2ncnc3cnc(N4CCOCC4)nc23)c1C. The number of ether oxygens (including phenoxy) is 1. The molecule has 0 spiro atoms. The molecule has 0 saturated carbocycles. The lowest BCUT2D eigenvalue weighted by Crippen LogP contribution is -2.37. The minimum absolute atomic E-state index is 0.121. The molecular weight excluding hydrogens is 482 g/mol. The number of aromatic nitrogens is 6. The number of anilines is 4. The maximum Gasteiger partial charge on any atom is 0.256 e. The second kappa shape index (κ2) is 9.97. The van der Waals surface area contributed by atoms with Crippen molar-refractivity contribution in [2.45, 2.75) is 40.0 Å². The number of fused-ring (bicyclic) bond motifs is 1. The molecule has 4 heterocycles. The zero-order valence-electron chi connectivity index (χ0n) is 22.7. The largest absolute Gasteiger partial charge is 0.378 e. The Kier molecular flexibility index (Phi) is 6.70. The molecule has 3 aromatic heterocycles. The lowest BCUT2D eigenvalue weighted by atomic mass is 9.92. The summed E-state index contributed by atoms with van der Waals surface area (Å²) in [5, 5.41) is 11.0. The second-order valence-corrected chi connectivity index (χ2v) is 10.6. The van der Waals surface area contributed by atoms with Crippen molar-refractivity contribution in [2.75, 3.05) is 41.8 Å². The van der Waals surface area contributed by atoms with E-state index in [2.05, 4.69) is 56.4 Å². The molecule has 1 aromatic carbocycles. The monoisotopic (exact) mass is 515 g/mol. The van der Waals surface area contributed by atoms with Crippen molar-refractivity contribution in [1.82, 2.24) is 29.7 Å². The molecule has 198 valence electrons. The highest BCUT2D eigenvalue weighted by Gasteiger charge is 2.21. The average molecular weight is 516 g/mol. The van der Waals surface area contributed by atoms with E-state index in [0.717, 1.165) is 35.6 Å². The van der Waals surface area contributed by atoms with Gasteiger partial charge in [0, 0.05) is 42.9 Å². The molecule has 5 rings (SSSR count). The lowest BCUT2D eigenvalue weighted by Gasteiger charge is -2.26. The molecule has 38 heavy (non-hydrogen) atoms. The Bertz CT molecular complexity index is 1500. The van der Waals surface area contributed by atoms with Crippen LogP contribution in [0.1, 0.15) is 48.0 Å². The second-order valence-electron chi connectivity index (χ2n) is 10.6. The van der Waals surface area contributed by atoms with E-state index in [1.165, 1.54) is 6.33 Å². The fourth-order valence-electron chi connectivity index (χ4n) is 4.24. The van der Waals surface area contributed by atoms with Crippen molar-refractivity contribution in [2.24, 2.45) is 7.05 Å². The molecular formula is C27H33N9O2. The fourth-order valence-corrected chi connectivity index (χ4v) is 4.24. The molecule has 0 radical (unpaired) electrons. The van der Waals surface area contributed by atoms with E-state index in [1.54, 1.807) is 10.9 Å². The maximum atomic E-state index is 13.3. The molecule has 1 fully saturated rings. The predicted octanol–water partition coefficient (Wildman–Crippen LogP) is 3.90. The number of nitrogens with zero attached hydrogens (tertiary/aromatic N) is 7. The Labute approximate surface area is 221 Å². The Balaban J connectivity index is 1.45. The summed E-state index contributed by atoms with van der Waals surface area (Å²) in [6.07, 6.45) is 3.19. The van der Waals surface area contributed by atoms with Crippen LogP contribution in [0.25, 0.3) is 11.0 Å². The number of aryl methyl sites for hydroxylation is 2. The Morgan fingerprint density at radius 1 is 1.05 bits per heavy atom. The summed E-state index contributed by atoms with van der Waals surface area (Å²) in [4.78, 5) is 33.4. The predicted molar refractivity (Wildman–Crippen MR) is 147 cm³/mol. The smallest absolute Gasteiger partial charge is 0.256 e. The highest BCUT2D eigenvalue weighted by Crippen LogP contribution is 2.29. The summed E-state index contributed by atoms with van der Waals surface area (Å²) in [6, 6.07) is 5.63. The van der Waals surface area contributed by atoms with Crippen LogP contribution >= 0.6 is 0 Å². The van der Waals surface area contributed by atoms with Gasteiger partial charge in [0.2, 0.25) is 5.95 Å². The van der Waals surface area contributed by atoms with Crippen molar-refractivity contribution in [3.63, 3.8) is 0 Å². The third-order valence-electron chi connectivity index (χ3n) is 6.73. The third-order valence-corrected chi connectivity index (χ3v) is 6.73. The molecule has 11 heteroatoms. The van der Waals surface area contributed by atoms with Gasteiger partial charge in [0.05, 0.1) is 25.1 Å². The minimum Gasteiger partial charge on any atom is -0.378 e. The Morgan fingerprint density at radius 2 is 1.82 bits per heavy atom. The van der Waals surface area contributed by atoms with Gasteiger partial charge in [-0.15, -0.1) is 0 Å². The van der Waals surface area contributed by atoms with Crippen molar-refractivity contribution >= 4 is 40.2 Å². The molecule has 0 bridgehead atoms. The summed E-state index contributed by atoms with van der Waals surface area (Å²) in [5.74, 6) is 1.59. The molecule has 1 aliphatic rings. The van der Waals surface area contributed by atoms with Crippen LogP contribution < -0.4 is 15.5 Å². The number of rotatable bonds is 5. The number of benzene rings is 1. The molecule has 2 N–H and O–H groups in total. The highest BCUT2D eigenvalue weighted by molar-refractivity contribution is 6.05. The van der Waals surface area contributed by atoms with Gasteiger partial charge in [0.25, 0.3) is 5.91 Å². The van der Waals surface area contributed by atoms with E-state index in [9.17, 15) is 4.79 Å². The molecule has 1 aliphatic heterocycles. The van der Waals surface area contributed by atoms with Gasteiger partial charge in [-0.2, -0.15) is 5.10 Å². The summed E-state index contributed by atoms with van der Waals surface area (Å²) in [6.45, 7) is 13.0. The standard InChI is InChI=1S/C27H33N9O2/c1-16-11-18(25(37)32-22-13-21(27(3,4)5)34-35(22)6)12-19(17(16)2)31-24-23-20(29-15-30-24)14-28-26(33-23)36-7-9-38-10-8-36/h11-15H,7-10H2,1-6H3,(H,32,37)(H,29,30,31). The van der Waals surface area contributed by atoms with Crippen LogP contribution in [-0.4, -0.2) is 61.9 Å². The topological polar surface area (TPSA) is 123 Å². The zero-order valence-corrected chi connectivity index (χ0v) is 22.7. The minimum atomic E-state index is -0.218. The molecule has 0 atom stereocenters. The normalized spacial score (nSPS) is 14.1. The summed E-state index contributed by atoms with van der Waals surface area (Å²) < 4.78 is 7.15. The van der Waals surface area contributed by atoms with Crippen molar-refractivity contribution < 1.29 is 9.53 Å². The first-order valence-corrected chi connectivity index (χ1v) is 12.6. The number of carbonyl (C=O) groups excluding carboxylic acids is 1. The Morgan fingerprint density at radius 3 is 2.53 bits per heavy atom. The number of hydrogen-bond donors (Lipinski definition) is 2. The summed E-state index contributed by atoms with van der Waals surface area (Å²) in [5.41, 5.74) is 5.30. The van der Waals surface area contributed by atoms with Gasteiger partial charge in [-0.1, -0.05) is 20.8 Å². The van der Waals surface area contributed by atoms with Crippen LogP contribution in [0, 0.1) is 13.8 Å². The van der Waals surface area contributed by atoms with Gasteiger partial charge in [0.1, 0.15) is 23.2 Å². The van der Waals surface area contributed by atoms with Gasteiger partial charge >= 0.3 is 0 Å². The van der Waals surface area contributed by atoms with Crippen LogP contribution in [-0.2, 0) is 17.2 Å². The van der Waals surface area contributed by atoms with E-state index in [4.69, 9.17) is 9.72 Å². The van der Waals surface area contributed by atoms with Crippen molar-refractivity contribution in [1.29, 1.82) is 0 Å². The summed E-state index contributed by atoms with van der Waals surface area (Å²) >= 11 is 0. The van der Waals surface area contributed by atoms with E-state index in [0.29, 0.717) is 47.4 Å². The molecule has 4 aromatic rings. The molecule has 1 saturated heterocycles. The third kappa shape index (κ3) is 5.14. The van der Waals surface area contributed by atoms with Gasteiger partial charge in [-0.05, 0) is 37.1 Å². The van der Waals surface area contributed by atoms with Crippen LogP contribution in [0.5, 0.6) is 0 Å². The highest BCUT2D eigenvalue weighted by atomic mass is 16.5. The average Bonchev–Trinajstić information content (AvgIpc) is 3.27. The van der Waals surface area contributed by atoms with E-state index in [-0.39, 0.29) is 11.3 Å². The zero-order chi connectivity index (χ0) is 27.0. The van der Waals surface area contributed by atoms with Crippen LogP contribution in [0.2, 0.25) is 0 Å². The van der Waals surface area contributed by atoms with Crippen LogP contribution in [0.4, 0.5) is 23.3 Å². The molecule has 0 unspecified atom stereocenters. The summed E-state index contributed by atoms with van der Waals surface area (Å²) in [7, 11) is 1.82. The number of carbonyl (C=O) groups is 1. The quantitative estimate of drug-likeness (QED) is 0.407. The van der Waals surface area contributed by atoms with Gasteiger partial charge in [0.15, 0.2) is 5.82 Å². The van der Waals surface area contributed by atoms with Crippen LogP contribution in [0.15, 0.2) is 30.7 Å². The fraction of sp³-hybridized carbons (Fsp3) is 0.407. The maximum absolute atomic E-state index is 13.3. The van der Waals surface area contributed by atoms with E-state index >= 15 is 0 Å². The molecule has 1 amide bonds. The molecule has 11 nitrogen and oxygen atoms in total. The Hall–Kier alpha value is -4.12. The lowest BCUT2D eigenvalue weighted by molar-refractivity contribution is 0.102. The van der Waals surface area contributed by atoms with Gasteiger partial charge in [-0.3, -0.25) is 9.48 Å². The number of amides is 1. The first-order chi connectivity index (χ1) is 18.1. The van der Waals surface area contributed by atoms with E-state index in [1.807, 2.05) is 39.1 Å². The molecule has 0 aliphatic carbocycles. The van der Waals surface area contributed by atoms with Gasteiger partial charge in [-0.25, -0.2) is 19.9 Å². The number of nitrogens with one attached hydrogen (secondary N) is 2. The van der Waals surface area contributed by atoms with Gasteiger partial charge < -0.3 is 20.3 Å². The number of morpholine rings is 1. The first kappa shape index (κ1) is 25.5. The van der Waals surface area contributed by atoms with E-state index < -0.39 is 0 Å². The number of hydrogen-bond acceptors (Lipinski definition) is 9. The van der Waals surface area contributed by atoms with Crippen molar-refractivity contribution in [3.8, 4) is 0 Å². The van der Waals surface area contributed by atoms with Crippen LogP contribution in [0.3, 0.4) is 0 Å².